The molecule has 124 valence electrons. The lowest BCUT2D eigenvalue weighted by Gasteiger charge is -2.32. The summed E-state index contributed by atoms with van der Waals surface area (Å²) < 4.78 is 12.0. The number of aromatic nitrogens is 1. The number of anilines is 1. The van der Waals surface area contributed by atoms with Crippen molar-refractivity contribution in [1.82, 2.24) is 4.98 Å². The number of nitrogens with zero attached hydrogens (tertiary/aromatic N) is 2. The van der Waals surface area contributed by atoms with Gasteiger partial charge in [0.2, 0.25) is 0 Å². The molecule has 0 spiro atoms. The predicted molar refractivity (Wildman–Crippen MR) is 92.7 cm³/mol. The third kappa shape index (κ3) is 3.51. The summed E-state index contributed by atoms with van der Waals surface area (Å²) in [6.07, 6.45) is 3.71. The third-order valence-electron chi connectivity index (χ3n) is 4.88. The van der Waals surface area contributed by atoms with Gasteiger partial charge in [-0.05, 0) is 46.6 Å². The van der Waals surface area contributed by atoms with Gasteiger partial charge in [0.1, 0.15) is 11.9 Å². The fourth-order valence-corrected chi connectivity index (χ4v) is 2.48. The van der Waals surface area contributed by atoms with Crippen LogP contribution in [0.5, 0.6) is 0 Å². The first kappa shape index (κ1) is 17.8. The van der Waals surface area contributed by atoms with E-state index in [2.05, 4.69) is 30.2 Å². The van der Waals surface area contributed by atoms with E-state index in [1.165, 1.54) is 0 Å². The van der Waals surface area contributed by atoms with Crippen LogP contribution in [0.3, 0.4) is 0 Å². The van der Waals surface area contributed by atoms with Crippen molar-refractivity contribution in [1.29, 1.82) is 5.26 Å². The third-order valence-corrected chi connectivity index (χ3v) is 4.88. The van der Waals surface area contributed by atoms with E-state index < -0.39 is 18.3 Å². The smallest absolute Gasteiger partial charge is 0.399 e. The van der Waals surface area contributed by atoms with Gasteiger partial charge >= 0.3 is 7.12 Å². The van der Waals surface area contributed by atoms with E-state index in [9.17, 15) is 5.26 Å². The molecule has 23 heavy (non-hydrogen) atoms. The van der Waals surface area contributed by atoms with Gasteiger partial charge in [0, 0.05) is 17.7 Å². The number of hydrogen-bond acceptors (Lipinski definition) is 5. The van der Waals surface area contributed by atoms with Crippen molar-refractivity contribution in [3.8, 4) is 6.07 Å². The topological polar surface area (TPSA) is 67.2 Å². The first-order chi connectivity index (χ1) is 10.7. The molecule has 0 unspecified atom stereocenters. The summed E-state index contributed by atoms with van der Waals surface area (Å²) in [5, 5.41) is 12.8. The summed E-state index contributed by atoms with van der Waals surface area (Å²) >= 11 is 0. The van der Waals surface area contributed by atoms with Gasteiger partial charge in [0.15, 0.2) is 0 Å². The number of nitriles is 1. The molecule has 1 aliphatic heterocycles. The Bertz CT molecular complexity index is 590. The predicted octanol–water partition coefficient (Wildman–Crippen LogP) is 2.85. The second kappa shape index (κ2) is 6.50. The van der Waals surface area contributed by atoms with Gasteiger partial charge in [-0.1, -0.05) is 13.8 Å². The maximum atomic E-state index is 9.44. The molecule has 6 heteroatoms. The summed E-state index contributed by atoms with van der Waals surface area (Å²) in [5.41, 5.74) is 0.479. The monoisotopic (exact) mass is 315 g/mol. The van der Waals surface area contributed by atoms with E-state index in [1.54, 1.807) is 12.3 Å². The molecular formula is C17H26BN3O2. The zero-order valence-electron chi connectivity index (χ0n) is 14.9. The lowest BCUT2D eigenvalue weighted by atomic mass is 9.79. The SMILES string of the molecule is CCC(CC)Nc1ncc(B2OC(C)(C)C(C)(C)O2)cc1C#N. The van der Waals surface area contributed by atoms with Crippen LogP contribution in [0.4, 0.5) is 5.82 Å². The molecule has 0 bridgehead atoms. The summed E-state index contributed by atoms with van der Waals surface area (Å²) in [4.78, 5) is 4.43. The van der Waals surface area contributed by atoms with Crippen LogP contribution in [-0.2, 0) is 9.31 Å². The fourth-order valence-electron chi connectivity index (χ4n) is 2.48. The molecule has 1 N–H and O–H groups in total. The number of nitrogens with one attached hydrogen (secondary N) is 1. The van der Waals surface area contributed by atoms with Crippen molar-refractivity contribution in [3.05, 3.63) is 17.8 Å². The maximum Gasteiger partial charge on any atom is 0.496 e. The number of pyridine rings is 1. The summed E-state index contributed by atoms with van der Waals surface area (Å²) in [6, 6.07) is 4.34. The highest BCUT2D eigenvalue weighted by Gasteiger charge is 2.51. The Morgan fingerprint density at radius 3 is 2.26 bits per heavy atom. The molecule has 2 heterocycles. The van der Waals surface area contributed by atoms with Gasteiger partial charge in [-0.25, -0.2) is 4.98 Å². The molecule has 0 atom stereocenters. The second-order valence-corrected chi connectivity index (χ2v) is 7.02. The zero-order valence-corrected chi connectivity index (χ0v) is 14.9. The lowest BCUT2D eigenvalue weighted by molar-refractivity contribution is 0.00578. The van der Waals surface area contributed by atoms with Crippen LogP contribution in [0.1, 0.15) is 59.9 Å². The van der Waals surface area contributed by atoms with E-state index in [0.29, 0.717) is 17.4 Å². The molecule has 5 nitrogen and oxygen atoms in total. The standard InChI is InChI=1S/C17H26BN3O2/c1-7-14(8-2)21-15-12(10-19)9-13(11-20-15)18-22-16(3,4)17(5,6)23-18/h9,11,14H,7-8H2,1-6H3,(H,20,21). The molecule has 0 aliphatic carbocycles. The van der Waals surface area contributed by atoms with Crippen LogP contribution in [0.15, 0.2) is 12.3 Å². The zero-order chi connectivity index (χ0) is 17.3. The Morgan fingerprint density at radius 2 is 1.78 bits per heavy atom. The highest BCUT2D eigenvalue weighted by molar-refractivity contribution is 6.62. The Kier molecular flexibility index (Phi) is 5.03. The molecule has 1 aromatic heterocycles. The van der Waals surface area contributed by atoms with Gasteiger partial charge in [-0.15, -0.1) is 0 Å². The van der Waals surface area contributed by atoms with Crippen molar-refractivity contribution in [2.45, 2.75) is 71.6 Å². The van der Waals surface area contributed by atoms with Crippen molar-refractivity contribution in [3.63, 3.8) is 0 Å². The van der Waals surface area contributed by atoms with E-state index >= 15 is 0 Å². The fraction of sp³-hybridized carbons (Fsp3) is 0.647. The molecule has 0 amide bonds. The summed E-state index contributed by atoms with van der Waals surface area (Å²) in [5.74, 6) is 0.626. The average molecular weight is 315 g/mol. The molecular weight excluding hydrogens is 289 g/mol. The first-order valence-corrected chi connectivity index (χ1v) is 8.26. The van der Waals surface area contributed by atoms with E-state index in [-0.39, 0.29) is 0 Å². The molecule has 1 aromatic rings. The molecule has 0 saturated carbocycles. The molecule has 1 aliphatic rings. The first-order valence-electron chi connectivity index (χ1n) is 8.26. The van der Waals surface area contributed by atoms with Crippen molar-refractivity contribution in [2.75, 3.05) is 5.32 Å². The van der Waals surface area contributed by atoms with Crippen LogP contribution in [0.25, 0.3) is 0 Å². The van der Waals surface area contributed by atoms with Gasteiger partial charge < -0.3 is 14.6 Å². The van der Waals surface area contributed by atoms with E-state index in [1.807, 2.05) is 27.7 Å². The minimum atomic E-state index is -0.498. The minimum absolute atomic E-state index is 0.317. The summed E-state index contributed by atoms with van der Waals surface area (Å²) in [6.45, 7) is 12.3. The van der Waals surface area contributed by atoms with E-state index in [0.717, 1.165) is 18.3 Å². The number of rotatable bonds is 5. The average Bonchev–Trinajstić information content (AvgIpc) is 2.73. The van der Waals surface area contributed by atoms with Gasteiger partial charge in [0.05, 0.1) is 16.8 Å². The Labute approximate surface area is 139 Å². The second-order valence-electron chi connectivity index (χ2n) is 7.02. The molecule has 0 radical (unpaired) electrons. The Hall–Kier alpha value is -1.58. The van der Waals surface area contributed by atoms with Gasteiger partial charge in [0.25, 0.3) is 0 Å². The normalized spacial score (nSPS) is 19.0. The Balaban J connectivity index is 2.25. The molecule has 2 rings (SSSR count). The lowest BCUT2D eigenvalue weighted by Crippen LogP contribution is -2.41. The molecule has 1 fully saturated rings. The van der Waals surface area contributed by atoms with Gasteiger partial charge in [-0.2, -0.15) is 5.26 Å². The Morgan fingerprint density at radius 1 is 1.22 bits per heavy atom. The largest absolute Gasteiger partial charge is 0.496 e. The van der Waals surface area contributed by atoms with Crippen molar-refractivity contribution in [2.24, 2.45) is 0 Å². The van der Waals surface area contributed by atoms with E-state index in [4.69, 9.17) is 9.31 Å². The number of hydrogen-bond donors (Lipinski definition) is 1. The maximum absolute atomic E-state index is 9.44. The van der Waals surface area contributed by atoms with Crippen molar-refractivity contribution >= 4 is 18.4 Å². The molecule has 0 aromatic carbocycles. The quantitative estimate of drug-likeness (QED) is 0.846. The highest BCUT2D eigenvalue weighted by atomic mass is 16.7. The van der Waals surface area contributed by atoms with Crippen molar-refractivity contribution < 1.29 is 9.31 Å². The summed E-state index contributed by atoms with van der Waals surface area (Å²) in [7, 11) is -0.498. The van der Waals surface area contributed by atoms with Crippen LogP contribution in [0, 0.1) is 11.3 Å². The highest BCUT2D eigenvalue weighted by Crippen LogP contribution is 2.36. The molecule has 1 saturated heterocycles. The van der Waals surface area contributed by atoms with Crippen LogP contribution < -0.4 is 10.8 Å². The van der Waals surface area contributed by atoms with Crippen LogP contribution in [-0.4, -0.2) is 29.3 Å². The van der Waals surface area contributed by atoms with Crippen LogP contribution >= 0.6 is 0 Å². The van der Waals surface area contributed by atoms with Gasteiger partial charge in [-0.3, -0.25) is 0 Å². The minimum Gasteiger partial charge on any atom is -0.399 e. The van der Waals surface area contributed by atoms with Crippen LogP contribution in [0.2, 0.25) is 0 Å².